The van der Waals surface area contributed by atoms with Crippen molar-refractivity contribution in [2.75, 3.05) is 29.6 Å². The third-order valence-electron chi connectivity index (χ3n) is 4.76. The van der Waals surface area contributed by atoms with Crippen LogP contribution in [0.2, 0.25) is 0 Å². The number of halogens is 1. The number of amides is 1. The Hall–Kier alpha value is -2.12. The van der Waals surface area contributed by atoms with Gasteiger partial charge in [-0.2, -0.15) is 0 Å². The van der Waals surface area contributed by atoms with Crippen LogP contribution in [0.15, 0.2) is 47.4 Å². The van der Waals surface area contributed by atoms with E-state index in [1.54, 1.807) is 17.8 Å². The molecular weight excluding hydrogens is 381 g/mol. The van der Waals surface area contributed by atoms with Crippen LogP contribution in [0.1, 0.15) is 12.8 Å². The molecule has 7 heteroatoms. The summed E-state index contributed by atoms with van der Waals surface area (Å²) in [6.45, 7) is 1.45. The molecule has 1 aliphatic rings. The molecular formula is C20H20FN3OS2. The van der Waals surface area contributed by atoms with Crippen LogP contribution in [0, 0.1) is 11.7 Å². The predicted molar refractivity (Wildman–Crippen MR) is 111 cm³/mol. The van der Waals surface area contributed by atoms with Crippen molar-refractivity contribution in [1.82, 2.24) is 4.98 Å². The van der Waals surface area contributed by atoms with E-state index in [1.807, 2.05) is 36.6 Å². The van der Waals surface area contributed by atoms with Crippen molar-refractivity contribution in [3.05, 3.63) is 48.3 Å². The van der Waals surface area contributed by atoms with Gasteiger partial charge in [-0.1, -0.05) is 23.5 Å². The van der Waals surface area contributed by atoms with Crippen molar-refractivity contribution in [2.45, 2.75) is 17.7 Å². The number of rotatable bonds is 4. The summed E-state index contributed by atoms with van der Waals surface area (Å²) in [6, 6.07) is 12.9. The highest BCUT2D eigenvalue weighted by atomic mass is 32.2. The molecule has 0 aliphatic carbocycles. The second-order valence-corrected chi connectivity index (χ2v) is 8.48. The number of fused-ring (bicyclic) bond motifs is 1. The Labute approximate surface area is 165 Å². The quantitative estimate of drug-likeness (QED) is 0.624. The van der Waals surface area contributed by atoms with E-state index in [2.05, 4.69) is 15.2 Å². The van der Waals surface area contributed by atoms with Gasteiger partial charge in [-0.3, -0.25) is 4.79 Å². The van der Waals surface area contributed by atoms with Gasteiger partial charge in [-0.05, 0) is 49.4 Å². The number of para-hydroxylation sites is 1. The van der Waals surface area contributed by atoms with Gasteiger partial charge < -0.3 is 10.2 Å². The molecule has 1 N–H and O–H groups in total. The first-order chi connectivity index (χ1) is 13.1. The van der Waals surface area contributed by atoms with Crippen molar-refractivity contribution < 1.29 is 9.18 Å². The lowest BCUT2D eigenvalue weighted by atomic mass is 9.97. The lowest BCUT2D eigenvalue weighted by Crippen LogP contribution is -2.40. The largest absolute Gasteiger partial charge is 0.347 e. The van der Waals surface area contributed by atoms with Crippen LogP contribution < -0.4 is 10.2 Å². The number of carbonyl (C=O) groups is 1. The maximum atomic E-state index is 13.9. The Balaban J connectivity index is 1.48. The topological polar surface area (TPSA) is 45.2 Å². The molecule has 1 unspecified atom stereocenters. The first-order valence-corrected chi connectivity index (χ1v) is 10.9. The van der Waals surface area contributed by atoms with Crippen molar-refractivity contribution in [3.8, 4) is 0 Å². The van der Waals surface area contributed by atoms with Crippen molar-refractivity contribution in [3.63, 3.8) is 0 Å². The molecule has 27 heavy (non-hydrogen) atoms. The normalized spacial score (nSPS) is 17.3. The number of hydrogen-bond donors (Lipinski definition) is 1. The van der Waals surface area contributed by atoms with Gasteiger partial charge in [0, 0.05) is 23.7 Å². The third kappa shape index (κ3) is 3.94. The molecule has 0 radical (unpaired) electrons. The summed E-state index contributed by atoms with van der Waals surface area (Å²) in [6.07, 6.45) is 3.78. The number of nitrogens with one attached hydrogen (secondary N) is 1. The van der Waals surface area contributed by atoms with Crippen LogP contribution in [0.4, 0.5) is 15.2 Å². The van der Waals surface area contributed by atoms with Crippen molar-refractivity contribution in [2.24, 2.45) is 5.92 Å². The monoisotopic (exact) mass is 401 g/mol. The number of benzene rings is 2. The smallest absolute Gasteiger partial charge is 0.229 e. The van der Waals surface area contributed by atoms with Crippen LogP contribution >= 0.6 is 23.1 Å². The van der Waals surface area contributed by atoms with Crippen LogP contribution in [-0.4, -0.2) is 30.2 Å². The number of thiazole rings is 1. The van der Waals surface area contributed by atoms with Crippen molar-refractivity contribution >= 4 is 50.0 Å². The van der Waals surface area contributed by atoms with Gasteiger partial charge >= 0.3 is 0 Å². The first kappa shape index (κ1) is 18.3. The van der Waals surface area contributed by atoms with Crippen LogP contribution in [0.3, 0.4) is 0 Å². The van der Waals surface area contributed by atoms with Gasteiger partial charge in [-0.15, -0.1) is 11.8 Å². The zero-order valence-electron chi connectivity index (χ0n) is 14.9. The molecule has 4 nitrogen and oxygen atoms in total. The fraction of sp³-hybridized carbons (Fsp3) is 0.300. The lowest BCUT2D eigenvalue weighted by Gasteiger charge is -2.31. The molecule has 4 rings (SSSR count). The summed E-state index contributed by atoms with van der Waals surface area (Å²) in [5, 5.41) is 3.83. The predicted octanol–water partition coefficient (Wildman–Crippen LogP) is 5.01. The Morgan fingerprint density at radius 2 is 2.19 bits per heavy atom. The maximum Gasteiger partial charge on any atom is 0.229 e. The number of piperidine rings is 1. The number of hydrogen-bond acceptors (Lipinski definition) is 5. The minimum atomic E-state index is -0.296. The summed E-state index contributed by atoms with van der Waals surface area (Å²) >= 11 is 3.13. The molecule has 140 valence electrons. The number of anilines is 2. The van der Waals surface area contributed by atoms with E-state index in [-0.39, 0.29) is 17.6 Å². The van der Waals surface area contributed by atoms with E-state index < -0.39 is 0 Å². The van der Waals surface area contributed by atoms with Gasteiger partial charge in [-0.25, -0.2) is 9.37 Å². The molecule has 0 bridgehead atoms. The Kier molecular flexibility index (Phi) is 5.31. The number of thioether (sulfide) groups is 1. The van der Waals surface area contributed by atoms with E-state index >= 15 is 0 Å². The maximum absolute atomic E-state index is 13.9. The highest BCUT2D eigenvalue weighted by Gasteiger charge is 2.27. The van der Waals surface area contributed by atoms with Crippen LogP contribution in [0.5, 0.6) is 0 Å². The summed E-state index contributed by atoms with van der Waals surface area (Å²) < 4.78 is 14.8. The highest BCUT2D eigenvalue weighted by Crippen LogP contribution is 2.33. The summed E-state index contributed by atoms with van der Waals surface area (Å²) in [4.78, 5) is 20.4. The highest BCUT2D eigenvalue weighted by molar-refractivity contribution is 7.98. The number of aromatic nitrogens is 1. The van der Waals surface area contributed by atoms with Gasteiger partial charge in [0.15, 0.2) is 5.13 Å². The zero-order valence-corrected chi connectivity index (χ0v) is 16.6. The molecule has 3 aromatic rings. The summed E-state index contributed by atoms with van der Waals surface area (Å²) in [5.74, 6) is -0.367. The Bertz CT molecular complexity index is 975. The van der Waals surface area contributed by atoms with Gasteiger partial charge in [0.05, 0.1) is 10.6 Å². The summed E-state index contributed by atoms with van der Waals surface area (Å²) in [5.41, 5.74) is 1.24. The molecule has 2 heterocycles. The molecule has 1 aromatic heterocycles. The average Bonchev–Trinajstić information content (AvgIpc) is 3.14. The molecule has 1 atom stereocenters. The van der Waals surface area contributed by atoms with Crippen LogP contribution in [0.25, 0.3) is 10.2 Å². The van der Waals surface area contributed by atoms with Gasteiger partial charge in [0.2, 0.25) is 5.91 Å². The van der Waals surface area contributed by atoms with E-state index in [4.69, 9.17) is 0 Å². The van der Waals surface area contributed by atoms with Crippen LogP contribution in [-0.2, 0) is 4.79 Å². The summed E-state index contributed by atoms with van der Waals surface area (Å²) in [7, 11) is 0. The molecule has 1 aliphatic heterocycles. The minimum absolute atomic E-state index is 0.0326. The average molecular weight is 402 g/mol. The Morgan fingerprint density at radius 3 is 3.00 bits per heavy atom. The Morgan fingerprint density at radius 1 is 1.33 bits per heavy atom. The molecule has 0 spiro atoms. The number of nitrogens with zero attached hydrogens (tertiary/aromatic N) is 2. The lowest BCUT2D eigenvalue weighted by molar-refractivity contribution is -0.120. The SMILES string of the molecule is CSc1cccc(NC(=O)C2CCCN(c3nc4c(F)cccc4s3)C2)c1. The second kappa shape index (κ2) is 7.86. The minimum Gasteiger partial charge on any atom is -0.347 e. The van der Waals surface area contributed by atoms with Crippen molar-refractivity contribution in [1.29, 1.82) is 0 Å². The molecule has 1 saturated heterocycles. The molecule has 0 saturated carbocycles. The third-order valence-corrected chi connectivity index (χ3v) is 6.57. The van der Waals surface area contributed by atoms with E-state index in [0.29, 0.717) is 12.1 Å². The standard InChI is InChI=1S/C20H20FN3OS2/c1-26-15-7-2-6-14(11-15)22-19(25)13-5-4-10-24(12-13)20-23-18-16(21)8-3-9-17(18)27-20/h2-3,6-9,11,13H,4-5,10,12H2,1H3,(H,22,25). The fourth-order valence-electron chi connectivity index (χ4n) is 3.35. The van der Waals surface area contributed by atoms with E-state index in [1.165, 1.54) is 17.4 Å². The first-order valence-electron chi connectivity index (χ1n) is 8.89. The molecule has 1 amide bonds. The zero-order chi connectivity index (χ0) is 18.8. The fourth-order valence-corrected chi connectivity index (χ4v) is 4.82. The van der Waals surface area contributed by atoms with Gasteiger partial charge in [0.1, 0.15) is 11.3 Å². The molecule has 1 fully saturated rings. The second-order valence-electron chi connectivity index (χ2n) is 6.59. The van der Waals surface area contributed by atoms with E-state index in [0.717, 1.165) is 39.8 Å². The molecule has 2 aromatic carbocycles. The van der Waals surface area contributed by atoms with Gasteiger partial charge in [0.25, 0.3) is 0 Å². The number of carbonyl (C=O) groups excluding carboxylic acids is 1. The van der Waals surface area contributed by atoms with E-state index in [9.17, 15) is 9.18 Å².